The van der Waals surface area contributed by atoms with Crippen LogP contribution in [0.4, 0.5) is 0 Å². The fraction of sp³-hybridized carbons (Fsp3) is 0.333. The number of carbonyl (C=O) groups is 2. The Morgan fingerprint density at radius 1 is 1.50 bits per heavy atom. The van der Waals surface area contributed by atoms with Gasteiger partial charge in [0, 0.05) is 0 Å². The van der Waals surface area contributed by atoms with E-state index in [4.69, 9.17) is 5.73 Å². The third-order valence-electron chi connectivity index (χ3n) is 1.37. The zero-order chi connectivity index (χ0) is 11.0. The molecule has 0 aliphatic rings. The zero-order valence-corrected chi connectivity index (χ0v) is 9.58. The van der Waals surface area contributed by atoms with Gasteiger partial charge in [-0.3, -0.25) is 0 Å². The van der Waals surface area contributed by atoms with Crippen LogP contribution in [0, 0.1) is 0 Å². The standard InChI is InChI=1S/C9H14N2O2Se/c1-3-5-14-6-7(9(10)13)11-8(12)4-2/h3-4,7H,1-2,5-6H2,(H2,10,13)(H,11,12)/t7-/m0/s1. The summed E-state index contributed by atoms with van der Waals surface area (Å²) in [5.41, 5.74) is 5.12. The molecular formula is C9H14N2O2Se. The van der Waals surface area contributed by atoms with Gasteiger partial charge < -0.3 is 0 Å². The van der Waals surface area contributed by atoms with E-state index >= 15 is 0 Å². The molecule has 0 saturated heterocycles. The van der Waals surface area contributed by atoms with Gasteiger partial charge in [0.25, 0.3) is 0 Å². The Balaban J connectivity index is 4.01. The number of hydrogen-bond acceptors (Lipinski definition) is 2. The van der Waals surface area contributed by atoms with Gasteiger partial charge in [-0.15, -0.1) is 0 Å². The molecule has 0 spiro atoms. The summed E-state index contributed by atoms with van der Waals surface area (Å²) in [6, 6.07) is -0.583. The van der Waals surface area contributed by atoms with Crippen molar-refractivity contribution in [2.75, 3.05) is 0 Å². The molecule has 0 aromatic heterocycles. The Kier molecular flexibility index (Phi) is 6.80. The molecule has 0 fully saturated rings. The molecule has 0 aliphatic heterocycles. The van der Waals surface area contributed by atoms with Crippen LogP contribution < -0.4 is 11.1 Å². The van der Waals surface area contributed by atoms with E-state index in [0.29, 0.717) is 5.32 Å². The Labute approximate surface area is 89.8 Å². The van der Waals surface area contributed by atoms with E-state index in [9.17, 15) is 9.59 Å². The van der Waals surface area contributed by atoms with Gasteiger partial charge in [-0.2, -0.15) is 0 Å². The van der Waals surface area contributed by atoms with Crippen LogP contribution in [0.15, 0.2) is 25.3 Å². The van der Waals surface area contributed by atoms with Crippen molar-refractivity contribution in [3.63, 3.8) is 0 Å². The molecule has 0 bridgehead atoms. The Bertz CT molecular complexity index is 241. The molecule has 2 amide bonds. The summed E-state index contributed by atoms with van der Waals surface area (Å²) in [6.45, 7) is 6.87. The maximum atomic E-state index is 10.9. The van der Waals surface area contributed by atoms with E-state index in [0.717, 1.165) is 11.4 Å². The number of nitrogens with one attached hydrogen (secondary N) is 1. The van der Waals surface area contributed by atoms with Crippen molar-refractivity contribution in [1.82, 2.24) is 5.32 Å². The first-order chi connectivity index (χ1) is 6.61. The first-order valence-electron chi connectivity index (χ1n) is 4.02. The number of amides is 2. The third kappa shape index (κ3) is 5.56. The molecule has 0 aromatic carbocycles. The van der Waals surface area contributed by atoms with E-state index < -0.39 is 11.9 Å². The van der Waals surface area contributed by atoms with Crippen LogP contribution in [0.25, 0.3) is 0 Å². The molecule has 0 saturated carbocycles. The summed E-state index contributed by atoms with van der Waals surface area (Å²) < 4.78 is 0. The van der Waals surface area contributed by atoms with Crippen LogP contribution in [0.1, 0.15) is 0 Å². The number of nitrogens with two attached hydrogens (primary N) is 1. The van der Waals surface area contributed by atoms with Gasteiger partial charge in [0.2, 0.25) is 0 Å². The zero-order valence-electron chi connectivity index (χ0n) is 7.86. The van der Waals surface area contributed by atoms with Crippen molar-refractivity contribution in [3.05, 3.63) is 25.3 Å². The Hall–Kier alpha value is -1.06. The van der Waals surface area contributed by atoms with E-state index in [1.807, 2.05) is 0 Å². The summed E-state index contributed by atoms with van der Waals surface area (Å²) in [4.78, 5) is 21.8. The van der Waals surface area contributed by atoms with Crippen LogP contribution in [0.2, 0.25) is 10.6 Å². The number of allylic oxidation sites excluding steroid dienone is 1. The van der Waals surface area contributed by atoms with Crippen molar-refractivity contribution >= 4 is 26.8 Å². The summed E-state index contributed by atoms with van der Waals surface area (Å²) >= 11 is 0.246. The summed E-state index contributed by atoms with van der Waals surface area (Å²) in [6.07, 6.45) is 2.91. The quantitative estimate of drug-likeness (QED) is 0.290. The predicted molar refractivity (Wildman–Crippen MR) is 56.9 cm³/mol. The van der Waals surface area contributed by atoms with Crippen molar-refractivity contribution in [2.45, 2.75) is 16.7 Å². The average Bonchev–Trinajstić information content (AvgIpc) is 2.16. The molecule has 14 heavy (non-hydrogen) atoms. The molecule has 0 aliphatic carbocycles. The first-order valence-corrected chi connectivity index (χ1v) is 6.45. The number of hydrogen-bond donors (Lipinski definition) is 2. The van der Waals surface area contributed by atoms with Gasteiger partial charge in [0.1, 0.15) is 0 Å². The molecule has 4 nitrogen and oxygen atoms in total. The van der Waals surface area contributed by atoms with Gasteiger partial charge in [0.15, 0.2) is 0 Å². The van der Waals surface area contributed by atoms with Gasteiger partial charge in [-0.05, 0) is 0 Å². The van der Waals surface area contributed by atoms with Crippen molar-refractivity contribution < 1.29 is 9.59 Å². The summed E-state index contributed by atoms with van der Waals surface area (Å²) in [7, 11) is 0. The van der Waals surface area contributed by atoms with Crippen molar-refractivity contribution in [2.24, 2.45) is 5.73 Å². The average molecular weight is 261 g/mol. The molecule has 0 radical (unpaired) electrons. The second-order valence-electron chi connectivity index (χ2n) is 2.49. The van der Waals surface area contributed by atoms with Gasteiger partial charge in [-0.1, -0.05) is 0 Å². The first kappa shape index (κ1) is 12.9. The molecule has 0 rings (SSSR count). The molecule has 1 atom stereocenters. The normalized spacial score (nSPS) is 11.4. The van der Waals surface area contributed by atoms with E-state index in [1.165, 1.54) is 0 Å². The minimum absolute atomic E-state index is 0.246. The Morgan fingerprint density at radius 3 is 2.57 bits per heavy atom. The van der Waals surface area contributed by atoms with Gasteiger partial charge >= 0.3 is 89.4 Å². The molecule has 0 aromatic rings. The Morgan fingerprint density at radius 2 is 2.14 bits per heavy atom. The van der Waals surface area contributed by atoms with Crippen molar-refractivity contribution in [3.8, 4) is 0 Å². The maximum absolute atomic E-state index is 10.9. The second-order valence-corrected chi connectivity index (χ2v) is 4.75. The monoisotopic (exact) mass is 262 g/mol. The number of carbonyl (C=O) groups excluding carboxylic acids is 2. The molecule has 0 unspecified atom stereocenters. The molecule has 78 valence electrons. The van der Waals surface area contributed by atoms with E-state index in [2.05, 4.69) is 18.5 Å². The van der Waals surface area contributed by atoms with E-state index in [1.54, 1.807) is 6.08 Å². The fourth-order valence-electron chi connectivity index (χ4n) is 0.695. The fourth-order valence-corrected chi connectivity index (χ4v) is 2.34. The molecule has 0 heterocycles. The molecule has 5 heteroatoms. The third-order valence-corrected chi connectivity index (χ3v) is 3.55. The predicted octanol–water partition coefficient (Wildman–Crippen LogP) is -0.131. The second kappa shape index (κ2) is 7.35. The molecule has 3 N–H and O–H groups in total. The van der Waals surface area contributed by atoms with Crippen LogP contribution in [0.5, 0.6) is 0 Å². The number of primary amides is 1. The van der Waals surface area contributed by atoms with Gasteiger partial charge in [-0.25, -0.2) is 0 Å². The van der Waals surface area contributed by atoms with Crippen LogP contribution >= 0.6 is 0 Å². The van der Waals surface area contributed by atoms with Crippen molar-refractivity contribution in [1.29, 1.82) is 0 Å². The SMILES string of the molecule is C=CC[Se]C[C@H](NC(=O)C=C)C(N)=O. The molecular weight excluding hydrogens is 247 g/mol. The summed E-state index contributed by atoms with van der Waals surface area (Å²) in [5.74, 6) is -0.880. The number of rotatable bonds is 7. The topological polar surface area (TPSA) is 72.2 Å². The van der Waals surface area contributed by atoms with Crippen LogP contribution in [0.3, 0.4) is 0 Å². The van der Waals surface area contributed by atoms with Crippen LogP contribution in [-0.4, -0.2) is 32.8 Å². The van der Waals surface area contributed by atoms with Gasteiger partial charge in [0.05, 0.1) is 0 Å². The van der Waals surface area contributed by atoms with E-state index in [-0.39, 0.29) is 20.9 Å². The van der Waals surface area contributed by atoms with Crippen LogP contribution in [-0.2, 0) is 9.59 Å². The minimum atomic E-state index is -0.583. The summed E-state index contributed by atoms with van der Waals surface area (Å²) in [5, 5.41) is 3.93.